The van der Waals surface area contributed by atoms with Crippen LogP contribution in [-0.4, -0.2) is 12.1 Å². The summed E-state index contributed by atoms with van der Waals surface area (Å²) in [7, 11) is -3.69. The Morgan fingerprint density at radius 3 is 1.85 bits per heavy atom. The zero-order valence-corrected chi connectivity index (χ0v) is 20.7. The summed E-state index contributed by atoms with van der Waals surface area (Å²) in [5.74, 6) is 0.894. The first kappa shape index (κ1) is 24.6. The molecule has 0 aliphatic rings. The lowest BCUT2D eigenvalue weighted by Crippen LogP contribution is -2.19. The Labute approximate surface area is 196 Å². The fourth-order valence-electron chi connectivity index (χ4n) is 3.43. The van der Waals surface area contributed by atoms with E-state index in [0.29, 0.717) is 17.2 Å². The molecule has 3 aromatic rings. The van der Waals surface area contributed by atoms with Crippen LogP contribution in [0.25, 0.3) is 0 Å². The minimum atomic E-state index is -3.69. The zero-order chi connectivity index (χ0) is 24.1. The summed E-state index contributed by atoms with van der Waals surface area (Å²) >= 11 is 0. The average Bonchev–Trinajstić information content (AvgIpc) is 2.75. The first-order valence-electron chi connectivity index (χ1n) is 11.0. The second-order valence-corrected chi connectivity index (χ2v) is 11.1. The van der Waals surface area contributed by atoms with Gasteiger partial charge in [-0.2, -0.15) is 0 Å². The highest BCUT2D eigenvalue weighted by atomic mass is 31.2. The molecule has 0 spiro atoms. The van der Waals surface area contributed by atoms with Crippen molar-refractivity contribution in [2.45, 2.75) is 46.5 Å². The summed E-state index contributed by atoms with van der Waals surface area (Å²) < 4.78 is 30.9. The molecule has 0 aliphatic carbocycles. The minimum Gasteiger partial charge on any atom is -0.426 e. The van der Waals surface area contributed by atoms with Gasteiger partial charge in [0.15, 0.2) is 0 Å². The molecule has 0 N–H and O–H groups in total. The van der Waals surface area contributed by atoms with Gasteiger partial charge >= 0.3 is 13.6 Å². The molecule has 174 valence electrons. The fourth-order valence-corrected chi connectivity index (χ4v) is 5.00. The number of para-hydroxylation sites is 2. The van der Waals surface area contributed by atoms with Gasteiger partial charge in [-0.25, -0.2) is 4.57 Å². The van der Waals surface area contributed by atoms with E-state index in [1.54, 1.807) is 48.5 Å². The number of hydrogen-bond donors (Lipinski definition) is 0. The first-order valence-corrected chi connectivity index (χ1v) is 12.7. The lowest BCUT2D eigenvalue weighted by atomic mass is 9.84. The Balaban J connectivity index is 1.78. The van der Waals surface area contributed by atoms with E-state index in [4.69, 9.17) is 13.8 Å². The topological polar surface area (TPSA) is 61.8 Å². The molecule has 0 radical (unpaired) electrons. The number of rotatable bonds is 8. The van der Waals surface area contributed by atoms with Crippen LogP contribution in [0.2, 0.25) is 0 Å². The molecule has 0 heterocycles. The Kier molecular flexibility index (Phi) is 7.65. The smallest absolute Gasteiger partial charge is 0.426 e. The number of carbonyl (C=O) groups is 1. The van der Waals surface area contributed by atoms with Gasteiger partial charge in [0.25, 0.3) is 0 Å². The molecule has 6 heteroatoms. The molecule has 5 nitrogen and oxygen atoms in total. The zero-order valence-electron chi connectivity index (χ0n) is 19.8. The summed E-state index contributed by atoms with van der Waals surface area (Å²) in [6, 6.07) is 21.6. The van der Waals surface area contributed by atoms with Crippen molar-refractivity contribution in [3.05, 3.63) is 89.5 Å². The number of aryl methyl sites for hydroxylation is 2. The SMILES string of the molecule is Cc1cc(C)c(OC(=O)CCP(=O)(Oc2ccccc2)Oc2ccccc2)c(C(C)(C)C)c1. The van der Waals surface area contributed by atoms with Crippen molar-refractivity contribution in [3.63, 3.8) is 0 Å². The molecular weight excluding hydrogens is 435 g/mol. The largest absolute Gasteiger partial charge is 0.431 e. The van der Waals surface area contributed by atoms with Crippen LogP contribution < -0.4 is 13.8 Å². The van der Waals surface area contributed by atoms with Crippen LogP contribution in [0.1, 0.15) is 43.9 Å². The van der Waals surface area contributed by atoms with E-state index < -0.39 is 13.6 Å². The Morgan fingerprint density at radius 2 is 1.36 bits per heavy atom. The molecule has 0 unspecified atom stereocenters. The van der Waals surface area contributed by atoms with Crippen LogP contribution in [0.15, 0.2) is 72.8 Å². The van der Waals surface area contributed by atoms with E-state index >= 15 is 0 Å². The molecule has 3 rings (SSSR count). The molecule has 0 saturated carbocycles. The van der Waals surface area contributed by atoms with Crippen molar-refractivity contribution in [1.29, 1.82) is 0 Å². The van der Waals surface area contributed by atoms with E-state index in [1.165, 1.54) is 0 Å². The number of carbonyl (C=O) groups excluding carboxylic acids is 1. The molecule has 0 aliphatic heterocycles. The summed E-state index contributed by atoms with van der Waals surface area (Å²) in [4.78, 5) is 12.8. The fraction of sp³-hybridized carbons (Fsp3) is 0.296. The third kappa shape index (κ3) is 6.97. The van der Waals surface area contributed by atoms with Crippen LogP contribution >= 0.6 is 7.60 Å². The average molecular weight is 467 g/mol. The third-order valence-corrected chi connectivity index (χ3v) is 6.76. The molecule has 0 amide bonds. The molecule has 0 aromatic heterocycles. The highest BCUT2D eigenvalue weighted by molar-refractivity contribution is 7.54. The standard InChI is InChI=1S/C27H31O5P/c1-20-18-21(2)26(24(19-20)27(3,4)5)30-25(28)16-17-33(29,31-22-12-8-6-9-13-22)32-23-14-10-7-11-15-23/h6-15,18-19H,16-17H2,1-5H3. The second kappa shape index (κ2) is 10.3. The molecule has 33 heavy (non-hydrogen) atoms. The van der Waals surface area contributed by atoms with Crippen LogP contribution in [0, 0.1) is 13.8 Å². The number of esters is 1. The quantitative estimate of drug-likeness (QED) is 0.199. The Morgan fingerprint density at radius 1 is 0.848 bits per heavy atom. The molecule has 0 fully saturated rings. The summed E-state index contributed by atoms with van der Waals surface area (Å²) in [5.41, 5.74) is 2.75. The van der Waals surface area contributed by atoms with E-state index in [9.17, 15) is 9.36 Å². The van der Waals surface area contributed by atoms with Crippen molar-refractivity contribution < 1.29 is 23.1 Å². The van der Waals surface area contributed by atoms with Gasteiger partial charge < -0.3 is 13.8 Å². The molecule has 0 saturated heterocycles. The van der Waals surface area contributed by atoms with Gasteiger partial charge in [-0.3, -0.25) is 4.79 Å². The van der Waals surface area contributed by atoms with Crippen LogP contribution in [0.5, 0.6) is 17.2 Å². The molecule has 3 aromatic carbocycles. The summed E-state index contributed by atoms with van der Waals surface area (Å²) in [5, 5.41) is 0. The molecule has 0 bridgehead atoms. The maximum atomic E-state index is 13.6. The number of hydrogen-bond acceptors (Lipinski definition) is 5. The summed E-state index contributed by atoms with van der Waals surface area (Å²) in [6.07, 6.45) is -0.237. The Bertz CT molecular complexity index is 1090. The predicted molar refractivity (Wildman–Crippen MR) is 131 cm³/mol. The minimum absolute atomic E-state index is 0.117. The van der Waals surface area contributed by atoms with Crippen molar-refractivity contribution >= 4 is 13.6 Å². The summed E-state index contributed by atoms with van der Waals surface area (Å²) in [6.45, 7) is 10.2. The first-order chi connectivity index (χ1) is 15.6. The van der Waals surface area contributed by atoms with E-state index in [1.807, 2.05) is 38.1 Å². The van der Waals surface area contributed by atoms with Gasteiger partial charge in [-0.15, -0.1) is 0 Å². The van der Waals surface area contributed by atoms with Crippen molar-refractivity contribution in [2.24, 2.45) is 0 Å². The normalized spacial score (nSPS) is 11.7. The van der Waals surface area contributed by atoms with Crippen molar-refractivity contribution in [1.82, 2.24) is 0 Å². The lowest BCUT2D eigenvalue weighted by molar-refractivity contribution is -0.134. The van der Waals surface area contributed by atoms with Gasteiger partial charge in [-0.05, 0) is 49.1 Å². The number of benzene rings is 3. The maximum absolute atomic E-state index is 13.6. The van der Waals surface area contributed by atoms with Crippen LogP contribution in [0.3, 0.4) is 0 Å². The highest BCUT2D eigenvalue weighted by Crippen LogP contribution is 2.49. The van der Waals surface area contributed by atoms with Crippen molar-refractivity contribution in [2.75, 3.05) is 6.16 Å². The van der Waals surface area contributed by atoms with Gasteiger partial charge in [-0.1, -0.05) is 74.9 Å². The molecule has 0 atom stereocenters. The van der Waals surface area contributed by atoms with Crippen molar-refractivity contribution in [3.8, 4) is 17.2 Å². The van der Waals surface area contributed by atoms with E-state index in [-0.39, 0.29) is 18.0 Å². The number of ether oxygens (including phenoxy) is 1. The van der Waals surface area contributed by atoms with Gasteiger partial charge in [0, 0.05) is 5.56 Å². The highest BCUT2D eigenvalue weighted by Gasteiger charge is 2.30. The predicted octanol–water partition coefficient (Wildman–Crippen LogP) is 7.25. The monoisotopic (exact) mass is 466 g/mol. The van der Waals surface area contributed by atoms with Crippen LogP contribution in [0.4, 0.5) is 0 Å². The van der Waals surface area contributed by atoms with Gasteiger partial charge in [0.2, 0.25) is 0 Å². The maximum Gasteiger partial charge on any atom is 0.431 e. The second-order valence-electron chi connectivity index (χ2n) is 9.08. The Hall–Kier alpha value is -3.04. The van der Waals surface area contributed by atoms with Gasteiger partial charge in [0.1, 0.15) is 17.2 Å². The lowest BCUT2D eigenvalue weighted by Gasteiger charge is -2.24. The molecular formula is C27H31O5P. The van der Waals surface area contributed by atoms with E-state index in [2.05, 4.69) is 20.8 Å². The van der Waals surface area contributed by atoms with Crippen LogP contribution in [-0.2, 0) is 14.8 Å². The third-order valence-electron chi connectivity index (χ3n) is 5.01. The van der Waals surface area contributed by atoms with E-state index in [0.717, 1.165) is 16.7 Å². The van der Waals surface area contributed by atoms with Gasteiger partial charge in [0.05, 0.1) is 12.6 Å².